The highest BCUT2D eigenvalue weighted by Gasteiger charge is 1.95. The molecule has 0 heterocycles. The lowest BCUT2D eigenvalue weighted by Crippen LogP contribution is -2.16. The number of rotatable bonds is 4. The number of hydrogen-bond acceptors (Lipinski definition) is 4. The zero-order chi connectivity index (χ0) is 8.69. The van der Waals surface area contributed by atoms with Crippen LogP contribution in [0, 0.1) is 0 Å². The molecule has 60 valence electrons. The highest BCUT2D eigenvalue weighted by molar-refractivity contribution is 5.90. The molecule has 0 atom stereocenters. The van der Waals surface area contributed by atoms with E-state index in [4.69, 9.17) is 5.11 Å². The van der Waals surface area contributed by atoms with E-state index in [0.717, 1.165) is 0 Å². The summed E-state index contributed by atoms with van der Waals surface area (Å²) in [5.74, 6) is -2.23. The Labute approximate surface area is 61.4 Å². The van der Waals surface area contributed by atoms with Gasteiger partial charge < -0.3 is 9.94 Å². The number of nitrogens with one attached hydrogen (secondary N) is 1. The zero-order valence-electron chi connectivity index (χ0n) is 5.31. The second kappa shape index (κ2) is 4.98. The van der Waals surface area contributed by atoms with Crippen LogP contribution in [0.2, 0.25) is 0 Å². The number of amides is 1. The van der Waals surface area contributed by atoms with Crippen LogP contribution in [0.4, 0.5) is 0 Å². The molecule has 0 radical (unpaired) electrons. The summed E-state index contributed by atoms with van der Waals surface area (Å²) in [6, 6.07) is 0. The first-order valence-electron chi connectivity index (χ1n) is 2.48. The molecule has 2 N–H and O–H groups in total. The molecule has 0 aromatic heterocycles. The highest BCUT2D eigenvalue weighted by Crippen LogP contribution is 1.76. The first-order valence-corrected chi connectivity index (χ1v) is 2.48. The molecular weight excluding hydrogens is 154 g/mol. The van der Waals surface area contributed by atoms with Crippen LogP contribution in [-0.4, -0.2) is 23.5 Å². The van der Waals surface area contributed by atoms with Crippen molar-refractivity contribution >= 4 is 18.3 Å². The van der Waals surface area contributed by atoms with Crippen molar-refractivity contribution in [3.8, 4) is 0 Å². The van der Waals surface area contributed by atoms with Crippen molar-refractivity contribution in [2.45, 2.75) is 0 Å². The quantitative estimate of drug-likeness (QED) is 0.306. The van der Waals surface area contributed by atoms with Crippen molar-refractivity contribution in [3.63, 3.8) is 0 Å². The minimum atomic E-state index is -1.27. The van der Waals surface area contributed by atoms with Crippen molar-refractivity contribution in [1.29, 1.82) is 0 Å². The predicted molar refractivity (Wildman–Crippen MR) is 32.1 cm³/mol. The number of carboxylic acid groups (broad SMARTS) is 1. The standard InChI is InChI=1S/C5H5NO5/c7-3-6-11-5(10)2-1-4(8)9/h1-3H,(H,6,7)(H,8,9)/b2-1+. The van der Waals surface area contributed by atoms with Crippen LogP contribution in [-0.2, 0) is 19.2 Å². The predicted octanol–water partition coefficient (Wildman–Crippen LogP) is -1.17. The Hall–Kier alpha value is -1.85. The molecule has 0 bridgehead atoms. The van der Waals surface area contributed by atoms with E-state index in [1.54, 1.807) is 5.48 Å². The Balaban J connectivity index is 3.68. The van der Waals surface area contributed by atoms with E-state index in [2.05, 4.69) is 4.84 Å². The van der Waals surface area contributed by atoms with Crippen LogP contribution in [0.15, 0.2) is 12.2 Å². The van der Waals surface area contributed by atoms with Crippen LogP contribution in [0.3, 0.4) is 0 Å². The first kappa shape index (κ1) is 9.15. The van der Waals surface area contributed by atoms with Gasteiger partial charge in [0.25, 0.3) is 0 Å². The number of hydroxylamine groups is 1. The average Bonchev–Trinajstić information content (AvgIpc) is 1.97. The molecule has 6 heteroatoms. The van der Waals surface area contributed by atoms with Crippen molar-refractivity contribution < 1.29 is 24.3 Å². The molecule has 0 rings (SSSR count). The number of carboxylic acids is 1. The normalized spacial score (nSPS) is 9.09. The third kappa shape index (κ3) is 6.03. The van der Waals surface area contributed by atoms with Gasteiger partial charge in [0.15, 0.2) is 0 Å². The summed E-state index contributed by atoms with van der Waals surface area (Å²) in [5.41, 5.74) is 1.60. The first-order chi connectivity index (χ1) is 5.16. The third-order valence-corrected chi connectivity index (χ3v) is 0.570. The molecule has 0 unspecified atom stereocenters. The van der Waals surface area contributed by atoms with E-state index in [0.29, 0.717) is 12.2 Å². The van der Waals surface area contributed by atoms with Crippen LogP contribution in [0.5, 0.6) is 0 Å². The molecule has 1 amide bonds. The maximum Gasteiger partial charge on any atom is 0.356 e. The van der Waals surface area contributed by atoms with E-state index in [1.807, 2.05) is 0 Å². The van der Waals surface area contributed by atoms with Crippen molar-refractivity contribution in [2.75, 3.05) is 0 Å². The fourth-order valence-corrected chi connectivity index (χ4v) is 0.255. The van der Waals surface area contributed by atoms with Gasteiger partial charge in [0.1, 0.15) is 0 Å². The molecule has 6 nitrogen and oxygen atoms in total. The van der Waals surface area contributed by atoms with E-state index in [1.165, 1.54) is 0 Å². The SMILES string of the molecule is O=CNOC(=O)/C=C/C(=O)O. The molecule has 0 aliphatic carbocycles. The molecular formula is C5H5NO5. The van der Waals surface area contributed by atoms with Gasteiger partial charge in [-0.05, 0) is 0 Å². The summed E-state index contributed by atoms with van der Waals surface area (Å²) < 4.78 is 0. The third-order valence-electron chi connectivity index (χ3n) is 0.570. The van der Waals surface area contributed by atoms with Crippen LogP contribution < -0.4 is 5.48 Å². The minimum Gasteiger partial charge on any atom is -0.478 e. The molecule has 0 aromatic rings. The number of aliphatic carboxylic acids is 1. The summed E-state index contributed by atoms with van der Waals surface area (Å²) in [6.07, 6.45) is 1.40. The maximum atomic E-state index is 10.3. The average molecular weight is 159 g/mol. The Morgan fingerprint density at radius 1 is 1.36 bits per heavy atom. The van der Waals surface area contributed by atoms with E-state index in [-0.39, 0.29) is 6.41 Å². The van der Waals surface area contributed by atoms with E-state index >= 15 is 0 Å². The largest absolute Gasteiger partial charge is 0.478 e. The van der Waals surface area contributed by atoms with Gasteiger partial charge in [-0.3, -0.25) is 4.79 Å². The Morgan fingerprint density at radius 2 is 2.00 bits per heavy atom. The van der Waals surface area contributed by atoms with E-state index < -0.39 is 11.9 Å². The van der Waals surface area contributed by atoms with Gasteiger partial charge in [-0.15, -0.1) is 0 Å². The molecule has 0 aliphatic rings. The van der Waals surface area contributed by atoms with Gasteiger partial charge in [0.05, 0.1) is 0 Å². The van der Waals surface area contributed by atoms with Gasteiger partial charge in [-0.25, -0.2) is 9.59 Å². The second-order valence-electron chi connectivity index (χ2n) is 1.33. The molecule has 0 saturated heterocycles. The summed E-state index contributed by atoms with van der Waals surface area (Å²) in [6.45, 7) is 0. The summed E-state index contributed by atoms with van der Waals surface area (Å²) in [5, 5.41) is 8.00. The number of carbonyl (C=O) groups is 3. The zero-order valence-corrected chi connectivity index (χ0v) is 5.31. The summed E-state index contributed by atoms with van der Waals surface area (Å²) in [4.78, 5) is 33.6. The Kier molecular flexibility index (Phi) is 4.14. The molecule has 0 aliphatic heterocycles. The lowest BCUT2D eigenvalue weighted by Gasteiger charge is -1.92. The Morgan fingerprint density at radius 3 is 2.45 bits per heavy atom. The topological polar surface area (TPSA) is 92.7 Å². The highest BCUT2D eigenvalue weighted by atomic mass is 16.7. The number of hydrogen-bond donors (Lipinski definition) is 2. The minimum absolute atomic E-state index is 0.145. The van der Waals surface area contributed by atoms with Crippen LogP contribution in [0.25, 0.3) is 0 Å². The van der Waals surface area contributed by atoms with Gasteiger partial charge in [-0.2, -0.15) is 5.48 Å². The van der Waals surface area contributed by atoms with Crippen molar-refractivity contribution in [2.24, 2.45) is 0 Å². The monoisotopic (exact) mass is 159 g/mol. The lowest BCUT2D eigenvalue weighted by atomic mass is 10.5. The molecule has 0 fully saturated rings. The van der Waals surface area contributed by atoms with Crippen LogP contribution >= 0.6 is 0 Å². The summed E-state index contributed by atoms with van der Waals surface area (Å²) in [7, 11) is 0. The molecule has 11 heavy (non-hydrogen) atoms. The molecule has 0 spiro atoms. The summed E-state index contributed by atoms with van der Waals surface area (Å²) >= 11 is 0. The van der Waals surface area contributed by atoms with Gasteiger partial charge >= 0.3 is 11.9 Å². The van der Waals surface area contributed by atoms with E-state index in [9.17, 15) is 14.4 Å². The number of carbonyl (C=O) groups excluding carboxylic acids is 2. The van der Waals surface area contributed by atoms with Gasteiger partial charge in [-0.1, -0.05) is 0 Å². The molecule has 0 saturated carbocycles. The fraction of sp³-hybridized carbons (Fsp3) is 0. The van der Waals surface area contributed by atoms with Crippen molar-refractivity contribution in [3.05, 3.63) is 12.2 Å². The Bertz CT molecular complexity index is 197. The fourth-order valence-electron chi connectivity index (χ4n) is 0.255. The molecule has 0 aromatic carbocycles. The lowest BCUT2D eigenvalue weighted by molar-refractivity contribution is -0.149. The van der Waals surface area contributed by atoms with Crippen LogP contribution in [0.1, 0.15) is 0 Å². The van der Waals surface area contributed by atoms with Crippen molar-refractivity contribution in [1.82, 2.24) is 5.48 Å². The van der Waals surface area contributed by atoms with Gasteiger partial charge in [0, 0.05) is 12.2 Å². The van der Waals surface area contributed by atoms with Gasteiger partial charge in [0.2, 0.25) is 6.41 Å². The second-order valence-corrected chi connectivity index (χ2v) is 1.33. The smallest absolute Gasteiger partial charge is 0.356 e. The maximum absolute atomic E-state index is 10.3.